The predicted molar refractivity (Wildman–Crippen MR) is 118 cm³/mol. The van der Waals surface area contributed by atoms with Gasteiger partial charge in [-0.05, 0) is 50.2 Å². The molecular weight excluding hydrogens is 396 g/mol. The number of thiazole rings is 1. The number of fused-ring (bicyclic) bond motifs is 1. The summed E-state index contributed by atoms with van der Waals surface area (Å²) in [4.78, 5) is 34.9. The van der Waals surface area contributed by atoms with Crippen LogP contribution in [0.25, 0.3) is 11.4 Å². The molecule has 1 amide bonds. The lowest BCUT2D eigenvalue weighted by atomic mass is 9.93. The van der Waals surface area contributed by atoms with Crippen LogP contribution in [0.1, 0.15) is 47.1 Å². The number of carbonyl (C=O) groups is 1. The summed E-state index contributed by atoms with van der Waals surface area (Å²) in [5, 5.41) is 3.62. The highest BCUT2D eigenvalue weighted by Crippen LogP contribution is 2.32. The fraction of sp³-hybridized carbons (Fsp3) is 0.409. The molecule has 1 aliphatic heterocycles. The Kier molecular flexibility index (Phi) is 5.16. The van der Waals surface area contributed by atoms with Gasteiger partial charge >= 0.3 is 0 Å². The van der Waals surface area contributed by atoms with Crippen molar-refractivity contribution in [2.45, 2.75) is 39.0 Å². The molecule has 0 bridgehead atoms. The van der Waals surface area contributed by atoms with E-state index in [2.05, 4.69) is 32.1 Å². The van der Waals surface area contributed by atoms with E-state index in [9.17, 15) is 4.79 Å². The number of rotatable bonds is 4. The smallest absolute Gasteiger partial charge is 0.261 e. The summed E-state index contributed by atoms with van der Waals surface area (Å²) in [5.41, 5.74) is 2.76. The number of nitrogens with one attached hydrogen (secondary N) is 1. The molecule has 1 aliphatic carbocycles. The van der Waals surface area contributed by atoms with Gasteiger partial charge in [0.1, 0.15) is 5.69 Å². The molecule has 0 aromatic carbocycles. The van der Waals surface area contributed by atoms with Crippen molar-refractivity contribution in [3.8, 4) is 11.4 Å². The Morgan fingerprint density at radius 2 is 2.07 bits per heavy atom. The molecule has 5 rings (SSSR count). The lowest BCUT2D eigenvalue weighted by Gasteiger charge is -2.17. The third kappa shape index (κ3) is 3.79. The van der Waals surface area contributed by atoms with E-state index >= 15 is 0 Å². The van der Waals surface area contributed by atoms with Crippen LogP contribution in [-0.4, -0.2) is 38.9 Å². The molecule has 0 spiro atoms. The van der Waals surface area contributed by atoms with Gasteiger partial charge in [-0.15, -0.1) is 11.3 Å². The maximum Gasteiger partial charge on any atom is 0.261 e. The van der Waals surface area contributed by atoms with Crippen LogP contribution in [0.2, 0.25) is 0 Å². The number of aromatic nitrogens is 4. The van der Waals surface area contributed by atoms with Gasteiger partial charge in [0.15, 0.2) is 5.13 Å². The van der Waals surface area contributed by atoms with E-state index < -0.39 is 0 Å². The first kappa shape index (κ1) is 19.1. The Bertz CT molecular complexity index is 1060. The molecule has 1 unspecified atom stereocenters. The van der Waals surface area contributed by atoms with Gasteiger partial charge in [-0.1, -0.05) is 13.0 Å². The van der Waals surface area contributed by atoms with Crippen molar-refractivity contribution < 1.29 is 4.79 Å². The average Bonchev–Trinajstić information content (AvgIpc) is 3.43. The van der Waals surface area contributed by atoms with Gasteiger partial charge in [-0.3, -0.25) is 15.1 Å². The van der Waals surface area contributed by atoms with Crippen molar-refractivity contribution in [3.63, 3.8) is 0 Å². The van der Waals surface area contributed by atoms with Crippen LogP contribution in [0.5, 0.6) is 0 Å². The molecule has 1 fully saturated rings. The van der Waals surface area contributed by atoms with Gasteiger partial charge in [-0.25, -0.2) is 15.0 Å². The van der Waals surface area contributed by atoms with Crippen LogP contribution in [0.3, 0.4) is 0 Å². The highest BCUT2D eigenvalue weighted by atomic mass is 32.1. The molecule has 0 radical (unpaired) electrons. The Morgan fingerprint density at radius 1 is 1.20 bits per heavy atom. The topological polar surface area (TPSA) is 83.9 Å². The first-order valence-electron chi connectivity index (χ1n) is 10.5. The van der Waals surface area contributed by atoms with E-state index in [-0.39, 0.29) is 5.91 Å². The number of carbonyl (C=O) groups excluding carboxylic acids is 1. The van der Waals surface area contributed by atoms with Crippen molar-refractivity contribution in [3.05, 3.63) is 46.7 Å². The number of hydrogen-bond donors (Lipinski definition) is 1. The van der Waals surface area contributed by atoms with E-state index in [0.717, 1.165) is 50.9 Å². The maximum atomic E-state index is 13.2. The van der Waals surface area contributed by atoms with Crippen molar-refractivity contribution in [1.82, 2.24) is 19.9 Å². The van der Waals surface area contributed by atoms with Crippen LogP contribution < -0.4 is 10.2 Å². The Balaban J connectivity index is 1.46. The quantitative estimate of drug-likeness (QED) is 0.687. The number of pyridine rings is 1. The number of nitrogens with zero attached hydrogens (tertiary/aromatic N) is 5. The summed E-state index contributed by atoms with van der Waals surface area (Å²) in [7, 11) is 0. The Morgan fingerprint density at radius 3 is 2.87 bits per heavy atom. The molecule has 30 heavy (non-hydrogen) atoms. The lowest BCUT2D eigenvalue weighted by molar-refractivity contribution is 0.102. The number of aryl methyl sites for hydroxylation is 1. The third-order valence-electron chi connectivity index (χ3n) is 5.72. The predicted octanol–water partition coefficient (Wildman–Crippen LogP) is 3.97. The zero-order valence-electron chi connectivity index (χ0n) is 17.0. The number of anilines is 2. The lowest BCUT2D eigenvalue weighted by Crippen LogP contribution is -2.22. The van der Waals surface area contributed by atoms with Crippen LogP contribution in [0, 0.1) is 5.92 Å². The minimum Gasteiger partial charge on any atom is -0.341 e. The summed E-state index contributed by atoms with van der Waals surface area (Å²) in [6, 6.07) is 5.63. The summed E-state index contributed by atoms with van der Waals surface area (Å²) >= 11 is 1.58. The maximum absolute atomic E-state index is 13.2. The Labute approximate surface area is 179 Å². The first-order chi connectivity index (χ1) is 14.7. The summed E-state index contributed by atoms with van der Waals surface area (Å²) in [6.45, 7) is 4.14. The second kappa shape index (κ2) is 8.10. The zero-order valence-corrected chi connectivity index (χ0v) is 17.8. The van der Waals surface area contributed by atoms with Crippen molar-refractivity contribution in [2.24, 2.45) is 5.92 Å². The molecular formula is C22H24N6OS. The zero-order chi connectivity index (χ0) is 20.5. The van der Waals surface area contributed by atoms with E-state index in [1.54, 1.807) is 23.7 Å². The molecule has 8 heteroatoms. The van der Waals surface area contributed by atoms with E-state index in [4.69, 9.17) is 4.98 Å². The molecule has 1 saturated heterocycles. The first-order valence-corrected chi connectivity index (χ1v) is 11.3. The third-order valence-corrected chi connectivity index (χ3v) is 6.76. The van der Waals surface area contributed by atoms with E-state index in [0.29, 0.717) is 33.9 Å². The summed E-state index contributed by atoms with van der Waals surface area (Å²) < 4.78 is 0. The highest BCUT2D eigenvalue weighted by Gasteiger charge is 2.24. The molecule has 0 saturated carbocycles. The standard InChI is InChI=1S/C22H24N6OS/c1-14-7-8-16-18(12-14)30-22(25-16)27-20(29)15-13-24-21(28-10-4-5-11-28)26-19(15)17-6-2-3-9-23-17/h2-3,6,9,13-14H,4-5,7-8,10-12H2,1H3,(H,25,27,29). The van der Waals surface area contributed by atoms with Gasteiger partial charge < -0.3 is 4.90 Å². The van der Waals surface area contributed by atoms with Crippen molar-refractivity contribution in [2.75, 3.05) is 23.3 Å². The molecule has 1 atom stereocenters. The molecule has 2 aliphatic rings. The Hall–Kier alpha value is -2.87. The minimum absolute atomic E-state index is 0.247. The molecule has 3 aromatic heterocycles. The van der Waals surface area contributed by atoms with Crippen LogP contribution in [0.15, 0.2) is 30.6 Å². The monoisotopic (exact) mass is 420 g/mol. The second-order valence-electron chi connectivity index (χ2n) is 8.03. The number of amides is 1. The number of hydrogen-bond acceptors (Lipinski definition) is 7. The normalized spacial score (nSPS) is 18.3. The molecule has 7 nitrogen and oxygen atoms in total. The van der Waals surface area contributed by atoms with Crippen LogP contribution >= 0.6 is 11.3 Å². The summed E-state index contributed by atoms with van der Waals surface area (Å²) in [6.07, 6.45) is 8.78. The second-order valence-corrected chi connectivity index (χ2v) is 9.12. The van der Waals surface area contributed by atoms with E-state index in [1.807, 2.05) is 18.2 Å². The minimum atomic E-state index is -0.247. The molecule has 3 aromatic rings. The highest BCUT2D eigenvalue weighted by molar-refractivity contribution is 7.15. The van der Waals surface area contributed by atoms with Gasteiger partial charge in [0.2, 0.25) is 5.95 Å². The van der Waals surface area contributed by atoms with Crippen LogP contribution in [0.4, 0.5) is 11.1 Å². The van der Waals surface area contributed by atoms with E-state index in [1.165, 1.54) is 4.88 Å². The SMILES string of the molecule is CC1CCc2nc(NC(=O)c3cnc(N4CCCC4)nc3-c3ccccn3)sc2C1. The van der Waals surface area contributed by atoms with Gasteiger partial charge in [0.25, 0.3) is 5.91 Å². The fourth-order valence-electron chi connectivity index (χ4n) is 4.06. The average molecular weight is 421 g/mol. The largest absolute Gasteiger partial charge is 0.341 e. The molecule has 154 valence electrons. The van der Waals surface area contributed by atoms with Gasteiger partial charge in [0, 0.05) is 30.4 Å². The fourth-order valence-corrected chi connectivity index (χ4v) is 5.23. The van der Waals surface area contributed by atoms with Gasteiger partial charge in [0.05, 0.1) is 17.0 Å². The van der Waals surface area contributed by atoms with Gasteiger partial charge in [-0.2, -0.15) is 0 Å². The summed E-state index contributed by atoms with van der Waals surface area (Å²) in [5.74, 6) is 1.08. The molecule has 1 N–H and O–H groups in total. The van der Waals surface area contributed by atoms with Crippen molar-refractivity contribution >= 4 is 28.3 Å². The molecule has 4 heterocycles. The van der Waals surface area contributed by atoms with Crippen molar-refractivity contribution in [1.29, 1.82) is 0 Å². The van der Waals surface area contributed by atoms with Crippen LogP contribution in [-0.2, 0) is 12.8 Å².